The van der Waals surface area contributed by atoms with Crippen molar-refractivity contribution in [1.29, 1.82) is 0 Å². The van der Waals surface area contributed by atoms with E-state index < -0.39 is 5.60 Å². The molecule has 1 unspecified atom stereocenters. The van der Waals surface area contributed by atoms with Crippen molar-refractivity contribution in [1.82, 2.24) is 5.32 Å². The van der Waals surface area contributed by atoms with Crippen molar-refractivity contribution in [3.8, 4) is 0 Å². The molecule has 0 aromatic heterocycles. The highest BCUT2D eigenvalue weighted by Gasteiger charge is 2.32. The van der Waals surface area contributed by atoms with Crippen LogP contribution in [0.2, 0.25) is 0 Å². The second kappa shape index (κ2) is 7.85. The summed E-state index contributed by atoms with van der Waals surface area (Å²) in [5.41, 5.74) is -0.589. The fraction of sp³-hybridized carbons (Fsp3) is 0.933. The van der Waals surface area contributed by atoms with Gasteiger partial charge in [0.25, 0.3) is 0 Å². The summed E-state index contributed by atoms with van der Waals surface area (Å²) >= 11 is 0. The molecule has 0 bridgehead atoms. The van der Waals surface area contributed by atoms with Crippen LogP contribution in [0.25, 0.3) is 0 Å². The van der Waals surface area contributed by atoms with E-state index >= 15 is 0 Å². The summed E-state index contributed by atoms with van der Waals surface area (Å²) in [4.78, 5) is 11.3. The summed E-state index contributed by atoms with van der Waals surface area (Å²) in [6.45, 7) is 6.98. The molecule has 19 heavy (non-hydrogen) atoms. The van der Waals surface area contributed by atoms with Crippen molar-refractivity contribution in [3.63, 3.8) is 0 Å². The number of hydrogen-bond acceptors (Lipinski definition) is 4. The first-order valence-corrected chi connectivity index (χ1v) is 7.60. The molecule has 0 aromatic carbocycles. The molecule has 0 saturated heterocycles. The highest BCUT2D eigenvalue weighted by atomic mass is 16.5. The summed E-state index contributed by atoms with van der Waals surface area (Å²) in [7, 11) is 0. The average Bonchev–Trinajstić information content (AvgIpc) is 2.38. The van der Waals surface area contributed by atoms with Gasteiger partial charge in [-0.15, -0.1) is 0 Å². The molecule has 1 atom stereocenters. The Morgan fingerprint density at radius 3 is 2.58 bits per heavy atom. The molecule has 2 N–H and O–H groups in total. The molecule has 1 saturated carbocycles. The quantitative estimate of drug-likeness (QED) is 0.697. The first kappa shape index (κ1) is 16.4. The Labute approximate surface area is 116 Å². The van der Waals surface area contributed by atoms with Crippen LogP contribution in [0.5, 0.6) is 0 Å². The Morgan fingerprint density at radius 1 is 1.42 bits per heavy atom. The van der Waals surface area contributed by atoms with E-state index in [0.717, 1.165) is 31.6 Å². The van der Waals surface area contributed by atoms with Crippen molar-refractivity contribution in [2.45, 2.75) is 70.9 Å². The Kier molecular flexibility index (Phi) is 6.80. The zero-order valence-corrected chi connectivity index (χ0v) is 12.6. The van der Waals surface area contributed by atoms with E-state index in [-0.39, 0.29) is 12.0 Å². The van der Waals surface area contributed by atoms with E-state index in [1.54, 1.807) is 0 Å². The number of carbonyl (C=O) groups excluding carboxylic acids is 1. The van der Waals surface area contributed by atoms with Crippen LogP contribution in [0.15, 0.2) is 0 Å². The second-order valence-electron chi connectivity index (χ2n) is 5.87. The largest absolute Gasteiger partial charge is 0.466 e. The molecule has 0 heterocycles. The molecular weight excluding hydrogens is 242 g/mol. The van der Waals surface area contributed by atoms with Crippen LogP contribution in [0, 0.1) is 5.92 Å². The maximum absolute atomic E-state index is 11.3. The van der Waals surface area contributed by atoms with Gasteiger partial charge in [-0.1, -0.05) is 13.3 Å². The van der Waals surface area contributed by atoms with Gasteiger partial charge in [-0.3, -0.25) is 4.79 Å². The molecule has 1 aliphatic carbocycles. The predicted molar refractivity (Wildman–Crippen MR) is 75.9 cm³/mol. The molecule has 0 spiro atoms. The lowest BCUT2D eigenvalue weighted by atomic mass is 9.78. The number of esters is 1. The second-order valence-corrected chi connectivity index (χ2v) is 5.87. The van der Waals surface area contributed by atoms with Crippen molar-refractivity contribution in [2.75, 3.05) is 13.2 Å². The summed E-state index contributed by atoms with van der Waals surface area (Å²) in [6, 6.07) is 0.0481. The standard InChI is InChI=1S/C15H29NO3/c1-4-13-6-8-15(18,9-7-13)11-16-12(3)10-14(17)19-5-2/h12-13,16,18H,4-11H2,1-3H3. The van der Waals surface area contributed by atoms with Gasteiger partial charge in [-0.2, -0.15) is 0 Å². The van der Waals surface area contributed by atoms with E-state index in [1.165, 1.54) is 6.42 Å². The van der Waals surface area contributed by atoms with Crippen LogP contribution in [0.4, 0.5) is 0 Å². The lowest BCUT2D eigenvalue weighted by Gasteiger charge is -2.36. The molecule has 4 nitrogen and oxygen atoms in total. The molecule has 0 aliphatic heterocycles. The van der Waals surface area contributed by atoms with Gasteiger partial charge < -0.3 is 15.2 Å². The third-order valence-corrected chi connectivity index (χ3v) is 4.17. The van der Waals surface area contributed by atoms with Gasteiger partial charge in [-0.25, -0.2) is 0 Å². The lowest BCUT2D eigenvalue weighted by Crippen LogP contribution is -2.46. The number of ether oxygens (including phenoxy) is 1. The molecule has 1 fully saturated rings. The summed E-state index contributed by atoms with van der Waals surface area (Å²) < 4.78 is 4.92. The van der Waals surface area contributed by atoms with E-state index in [0.29, 0.717) is 19.6 Å². The Bertz CT molecular complexity index is 273. The normalized spacial score (nSPS) is 28.9. The molecule has 112 valence electrons. The van der Waals surface area contributed by atoms with Crippen molar-refractivity contribution < 1.29 is 14.6 Å². The minimum absolute atomic E-state index is 0.0481. The summed E-state index contributed by atoms with van der Waals surface area (Å²) in [5, 5.41) is 13.8. The Balaban J connectivity index is 2.25. The fourth-order valence-corrected chi connectivity index (χ4v) is 2.71. The smallest absolute Gasteiger partial charge is 0.307 e. The zero-order valence-electron chi connectivity index (χ0n) is 12.6. The first-order chi connectivity index (χ1) is 8.99. The van der Waals surface area contributed by atoms with Crippen LogP contribution in [-0.4, -0.2) is 35.9 Å². The topological polar surface area (TPSA) is 58.6 Å². The highest BCUT2D eigenvalue weighted by Crippen LogP contribution is 2.33. The number of hydrogen-bond donors (Lipinski definition) is 2. The Morgan fingerprint density at radius 2 is 2.05 bits per heavy atom. The van der Waals surface area contributed by atoms with Gasteiger partial charge in [-0.05, 0) is 45.4 Å². The van der Waals surface area contributed by atoms with Gasteiger partial charge in [0.15, 0.2) is 0 Å². The van der Waals surface area contributed by atoms with Crippen LogP contribution in [0.1, 0.15) is 59.3 Å². The van der Waals surface area contributed by atoms with Crippen molar-refractivity contribution >= 4 is 5.97 Å². The number of carbonyl (C=O) groups is 1. The zero-order chi connectivity index (χ0) is 14.3. The van der Waals surface area contributed by atoms with E-state index in [4.69, 9.17) is 4.74 Å². The van der Waals surface area contributed by atoms with Gasteiger partial charge in [0, 0.05) is 12.6 Å². The lowest BCUT2D eigenvalue weighted by molar-refractivity contribution is -0.143. The SMILES string of the molecule is CCOC(=O)CC(C)NCC1(O)CCC(CC)CC1. The summed E-state index contributed by atoms with van der Waals surface area (Å²) in [5.74, 6) is 0.599. The van der Waals surface area contributed by atoms with Crippen molar-refractivity contribution in [2.24, 2.45) is 5.92 Å². The van der Waals surface area contributed by atoms with Gasteiger partial charge in [0.05, 0.1) is 18.6 Å². The molecule has 0 aromatic rings. The molecule has 1 rings (SSSR count). The van der Waals surface area contributed by atoms with Crippen LogP contribution >= 0.6 is 0 Å². The van der Waals surface area contributed by atoms with Gasteiger partial charge in [0.2, 0.25) is 0 Å². The van der Waals surface area contributed by atoms with Crippen LogP contribution in [0.3, 0.4) is 0 Å². The minimum Gasteiger partial charge on any atom is -0.466 e. The van der Waals surface area contributed by atoms with Crippen LogP contribution < -0.4 is 5.32 Å². The average molecular weight is 271 g/mol. The van der Waals surface area contributed by atoms with E-state index in [2.05, 4.69) is 12.2 Å². The molecular formula is C15H29NO3. The fourth-order valence-electron chi connectivity index (χ4n) is 2.71. The monoisotopic (exact) mass is 271 g/mol. The number of rotatable bonds is 7. The molecule has 4 heteroatoms. The highest BCUT2D eigenvalue weighted by molar-refractivity contribution is 5.69. The number of aliphatic hydroxyl groups is 1. The van der Waals surface area contributed by atoms with Crippen molar-refractivity contribution in [3.05, 3.63) is 0 Å². The number of nitrogens with one attached hydrogen (secondary N) is 1. The van der Waals surface area contributed by atoms with E-state index in [9.17, 15) is 9.90 Å². The van der Waals surface area contributed by atoms with E-state index in [1.807, 2.05) is 13.8 Å². The first-order valence-electron chi connectivity index (χ1n) is 7.60. The Hall–Kier alpha value is -0.610. The predicted octanol–water partition coefficient (Wildman–Crippen LogP) is 2.25. The maximum atomic E-state index is 11.3. The van der Waals surface area contributed by atoms with Gasteiger partial charge in [0.1, 0.15) is 0 Å². The minimum atomic E-state index is -0.589. The maximum Gasteiger partial charge on any atom is 0.307 e. The molecule has 1 aliphatic rings. The third-order valence-electron chi connectivity index (χ3n) is 4.17. The van der Waals surface area contributed by atoms with Crippen LogP contribution in [-0.2, 0) is 9.53 Å². The molecule has 0 amide bonds. The molecule has 0 radical (unpaired) electrons. The summed E-state index contributed by atoms with van der Waals surface area (Å²) in [6.07, 6.45) is 5.53. The van der Waals surface area contributed by atoms with Gasteiger partial charge >= 0.3 is 5.97 Å². The third kappa shape index (κ3) is 5.91.